The van der Waals surface area contributed by atoms with Crippen LogP contribution in [0.1, 0.15) is 22.3 Å². The van der Waals surface area contributed by atoms with Crippen molar-refractivity contribution in [1.82, 2.24) is 4.90 Å². The number of benzene rings is 1. The molecule has 1 saturated carbocycles. The molecule has 0 bridgehead atoms. The molecular weight excluding hydrogens is 552 g/mol. The highest BCUT2D eigenvalue weighted by Gasteiger charge is 2.71. The number of rotatable bonds is 2. The van der Waals surface area contributed by atoms with Crippen LogP contribution in [0.4, 0.5) is 0 Å². The molecule has 0 aliphatic heterocycles. The van der Waals surface area contributed by atoms with Gasteiger partial charge in [-0.15, -0.1) is 0 Å². The average molecular weight is 574 g/mol. The highest BCUT2D eigenvalue weighted by atomic mass is 79.9. The van der Waals surface area contributed by atoms with E-state index in [4.69, 9.17) is 5.73 Å². The molecule has 2 unspecified atom stereocenters. The number of Topliss-reactive ketones (excluding diaryl/α,β-unsaturated/α-hetero) is 2. The highest BCUT2D eigenvalue weighted by Crippen LogP contribution is 2.58. The first-order valence-electron chi connectivity index (χ1n) is 9.88. The van der Waals surface area contributed by atoms with Gasteiger partial charge < -0.3 is 26.2 Å². The minimum absolute atomic E-state index is 0.0109. The van der Waals surface area contributed by atoms with E-state index in [9.17, 15) is 34.8 Å². The molecule has 1 aromatic rings. The van der Waals surface area contributed by atoms with Crippen LogP contribution in [0.25, 0.3) is 0 Å². The molecule has 0 spiro atoms. The van der Waals surface area contributed by atoms with Crippen molar-refractivity contribution in [3.05, 3.63) is 39.1 Å². The minimum atomic E-state index is -2.51. The summed E-state index contributed by atoms with van der Waals surface area (Å²) in [5.41, 5.74) is 2.55. The second-order valence-corrected chi connectivity index (χ2v) is 11.0. The zero-order valence-corrected chi connectivity index (χ0v) is 20.3. The number of aliphatic hydroxyl groups excluding tert-OH is 2. The second-order valence-electron chi connectivity index (χ2n) is 8.85. The monoisotopic (exact) mass is 572 g/mol. The number of phenolic OH excluding ortho intramolecular Hbond substituents is 1. The van der Waals surface area contributed by atoms with Gasteiger partial charge in [-0.25, -0.2) is 0 Å². The number of carbonyl (C=O) groups excluding carboxylic acids is 3. The van der Waals surface area contributed by atoms with Crippen LogP contribution in [-0.4, -0.2) is 79.0 Å². The predicted molar refractivity (Wildman–Crippen MR) is 119 cm³/mol. The smallest absolute Gasteiger partial charge is 0.255 e. The molecule has 4 rings (SSSR count). The van der Waals surface area contributed by atoms with Crippen LogP contribution in [0.5, 0.6) is 5.75 Å². The first-order valence-corrected chi connectivity index (χ1v) is 11.5. The molecule has 0 heterocycles. The summed E-state index contributed by atoms with van der Waals surface area (Å²) in [6.07, 6.45) is -1.66. The molecule has 9 nitrogen and oxygen atoms in total. The molecule has 11 heteroatoms. The maximum atomic E-state index is 13.6. The number of phenols is 1. The molecule has 1 aromatic carbocycles. The van der Waals surface area contributed by atoms with Crippen molar-refractivity contribution in [2.45, 2.75) is 34.9 Å². The van der Waals surface area contributed by atoms with Gasteiger partial charge in [0.2, 0.25) is 0 Å². The van der Waals surface area contributed by atoms with E-state index < -0.39 is 62.7 Å². The quantitative estimate of drug-likeness (QED) is 0.253. The molecule has 0 saturated heterocycles. The lowest BCUT2D eigenvalue weighted by Crippen LogP contribution is -2.74. The third kappa shape index (κ3) is 2.75. The van der Waals surface area contributed by atoms with E-state index in [2.05, 4.69) is 31.9 Å². The summed E-state index contributed by atoms with van der Waals surface area (Å²) in [6, 6.07) is 1.88. The number of fused-ring (bicyclic) bond motifs is 3. The number of hydrogen-bond donors (Lipinski definition) is 5. The average Bonchev–Trinajstić information content (AvgIpc) is 2.70. The summed E-state index contributed by atoms with van der Waals surface area (Å²) in [7, 11) is 3.14. The van der Waals surface area contributed by atoms with Crippen molar-refractivity contribution in [2.75, 3.05) is 14.1 Å². The number of aliphatic hydroxyl groups is 3. The lowest BCUT2D eigenvalue weighted by molar-refractivity contribution is -0.176. The predicted octanol–water partition coefficient (Wildman–Crippen LogP) is 0.566. The van der Waals surface area contributed by atoms with Gasteiger partial charge in [0.15, 0.2) is 17.2 Å². The Balaban J connectivity index is 1.97. The van der Waals surface area contributed by atoms with Crippen molar-refractivity contribution in [3.63, 3.8) is 0 Å². The molecule has 6 N–H and O–H groups in total. The molecule has 1 fully saturated rings. The van der Waals surface area contributed by atoms with E-state index in [1.165, 1.54) is 11.0 Å². The normalized spacial score (nSPS) is 36.6. The van der Waals surface area contributed by atoms with E-state index in [-0.39, 0.29) is 24.2 Å². The zero-order chi connectivity index (χ0) is 23.9. The van der Waals surface area contributed by atoms with Crippen LogP contribution in [0, 0.1) is 11.8 Å². The Morgan fingerprint density at radius 1 is 1.25 bits per heavy atom. The van der Waals surface area contributed by atoms with Crippen LogP contribution in [0.3, 0.4) is 0 Å². The van der Waals surface area contributed by atoms with Crippen molar-refractivity contribution >= 4 is 49.3 Å². The summed E-state index contributed by atoms with van der Waals surface area (Å²) in [6.45, 7) is 0. The summed E-state index contributed by atoms with van der Waals surface area (Å²) < 4.78 is -1.19. The summed E-state index contributed by atoms with van der Waals surface area (Å²) in [5, 5.41) is 44.4. The van der Waals surface area contributed by atoms with E-state index >= 15 is 0 Å². The number of carbonyl (C=O) groups is 3. The molecule has 3 aliphatic rings. The number of ketones is 2. The number of nitrogens with zero attached hydrogens (tertiary/aromatic N) is 1. The van der Waals surface area contributed by atoms with Crippen molar-refractivity contribution in [1.29, 1.82) is 0 Å². The Morgan fingerprint density at radius 2 is 1.88 bits per heavy atom. The number of halogens is 2. The molecule has 6 atom stereocenters. The fourth-order valence-electron chi connectivity index (χ4n) is 5.60. The number of amides is 1. The van der Waals surface area contributed by atoms with Crippen molar-refractivity contribution < 1.29 is 34.8 Å². The first kappa shape index (κ1) is 23.4. The minimum Gasteiger partial charge on any atom is -0.508 e. The maximum absolute atomic E-state index is 13.6. The van der Waals surface area contributed by atoms with Gasteiger partial charge in [0.05, 0.1) is 11.6 Å². The van der Waals surface area contributed by atoms with Crippen LogP contribution < -0.4 is 5.73 Å². The van der Waals surface area contributed by atoms with Crippen LogP contribution in [0.15, 0.2) is 27.9 Å². The van der Waals surface area contributed by atoms with Gasteiger partial charge in [0.25, 0.3) is 5.91 Å². The van der Waals surface area contributed by atoms with Crippen LogP contribution >= 0.6 is 31.9 Å². The number of aromatic hydroxyl groups is 1. The summed E-state index contributed by atoms with van der Waals surface area (Å²) >= 11 is 6.75. The topological polar surface area (TPSA) is 161 Å². The van der Waals surface area contributed by atoms with E-state index in [0.717, 1.165) is 0 Å². The number of hydrogen-bond acceptors (Lipinski definition) is 8. The first-order chi connectivity index (χ1) is 14.8. The Bertz CT molecular complexity index is 1100. The number of primary amides is 1. The van der Waals surface area contributed by atoms with Gasteiger partial charge in [0.1, 0.15) is 27.5 Å². The molecule has 3 aliphatic carbocycles. The fourth-order valence-corrected chi connectivity index (χ4v) is 6.99. The Hall–Kier alpha value is -1.79. The van der Waals surface area contributed by atoms with Gasteiger partial charge in [-0.3, -0.25) is 19.3 Å². The largest absolute Gasteiger partial charge is 0.508 e. The third-order valence-corrected chi connectivity index (χ3v) is 9.27. The van der Waals surface area contributed by atoms with Gasteiger partial charge in [-0.05, 0) is 50.6 Å². The van der Waals surface area contributed by atoms with E-state index in [1.54, 1.807) is 20.2 Å². The van der Waals surface area contributed by atoms with Gasteiger partial charge in [0, 0.05) is 10.4 Å². The maximum Gasteiger partial charge on any atom is 0.255 e. The molecule has 0 radical (unpaired) electrons. The van der Waals surface area contributed by atoms with E-state index in [0.29, 0.717) is 10.0 Å². The second kappa shape index (κ2) is 7.36. The number of alkyl halides is 1. The third-order valence-electron chi connectivity index (χ3n) is 7.09. The Morgan fingerprint density at radius 3 is 2.44 bits per heavy atom. The lowest BCUT2D eigenvalue weighted by atomic mass is 9.53. The van der Waals surface area contributed by atoms with Gasteiger partial charge >= 0.3 is 0 Å². The fraction of sp³-hybridized carbons (Fsp3) is 0.476. The molecular formula is C21H22Br2N2O7. The summed E-state index contributed by atoms with van der Waals surface area (Å²) in [4.78, 5) is 40.1. The molecule has 1 amide bonds. The lowest BCUT2D eigenvalue weighted by Gasteiger charge is -2.58. The zero-order valence-electron chi connectivity index (χ0n) is 17.2. The standard InChI is InChI=1S/C21H22Br2N2O7/c1-25(2)14-9-6-7-5-8-10(22)3-4-11(26)12(8)16(28)20(7,23)19(31)21(9,32)17(29)13(15(14)27)18(24)30/h3-4,7,9,14,19,26,29,31-32H,5-6H2,1-2H3,(H2,24,30)/t7-,9-,14-,19?,20?,21+/m0/s1. The number of nitrogens with two attached hydrogens (primary N) is 1. The molecule has 32 heavy (non-hydrogen) atoms. The number of likely N-dealkylation sites (N-methyl/N-ethyl adjacent to an activating group) is 1. The SMILES string of the molecule is CN(C)[C@@H]1C(=O)C(C(N)=O)=C(O)[C@@]2(O)C(O)C3(Br)C(=O)c4c(O)ccc(Br)c4C[C@H]3C[C@@H]12. The van der Waals surface area contributed by atoms with Crippen molar-refractivity contribution in [3.8, 4) is 5.75 Å². The molecule has 0 aromatic heterocycles. The Labute approximate surface area is 200 Å². The van der Waals surface area contributed by atoms with Crippen molar-refractivity contribution in [2.24, 2.45) is 17.6 Å². The molecule has 172 valence electrons. The summed E-state index contributed by atoms with van der Waals surface area (Å²) in [5.74, 6) is -5.64. The highest BCUT2D eigenvalue weighted by molar-refractivity contribution is 9.10. The van der Waals surface area contributed by atoms with Crippen LogP contribution in [-0.2, 0) is 16.0 Å². The van der Waals surface area contributed by atoms with Gasteiger partial charge in [-0.2, -0.15) is 0 Å². The van der Waals surface area contributed by atoms with Gasteiger partial charge in [-0.1, -0.05) is 31.9 Å². The van der Waals surface area contributed by atoms with Crippen LogP contribution in [0.2, 0.25) is 0 Å². The Kier molecular flexibility index (Phi) is 5.37. The van der Waals surface area contributed by atoms with E-state index in [1.807, 2.05) is 0 Å².